The molecule has 3 heteroatoms. The SMILES string of the molecule is COc1ccc(N(C2CCCCC2)C2CC2)nc1. The normalized spacial score (nSPS) is 20.7. The van der Waals surface area contributed by atoms with Crippen molar-refractivity contribution < 1.29 is 4.74 Å². The van der Waals surface area contributed by atoms with Crippen LogP contribution >= 0.6 is 0 Å². The van der Waals surface area contributed by atoms with Gasteiger partial charge in [-0.05, 0) is 37.8 Å². The predicted molar refractivity (Wildman–Crippen MR) is 73.2 cm³/mol. The van der Waals surface area contributed by atoms with Crippen molar-refractivity contribution in [3.05, 3.63) is 18.3 Å². The van der Waals surface area contributed by atoms with Crippen LogP contribution in [0, 0.1) is 0 Å². The number of anilines is 1. The molecular formula is C15H22N2O. The Hall–Kier alpha value is -1.25. The molecule has 1 aromatic heterocycles. The molecule has 0 radical (unpaired) electrons. The van der Waals surface area contributed by atoms with Gasteiger partial charge < -0.3 is 9.64 Å². The molecule has 2 aliphatic rings. The van der Waals surface area contributed by atoms with Crippen molar-refractivity contribution in [1.29, 1.82) is 0 Å². The van der Waals surface area contributed by atoms with E-state index in [9.17, 15) is 0 Å². The molecule has 98 valence electrons. The van der Waals surface area contributed by atoms with Crippen LogP contribution < -0.4 is 9.64 Å². The Morgan fingerprint density at radius 2 is 1.78 bits per heavy atom. The molecule has 2 fully saturated rings. The molecule has 2 saturated carbocycles. The Bertz CT molecular complexity index is 380. The van der Waals surface area contributed by atoms with Gasteiger partial charge >= 0.3 is 0 Å². The van der Waals surface area contributed by atoms with E-state index >= 15 is 0 Å². The summed E-state index contributed by atoms with van der Waals surface area (Å²) in [6.07, 6.45) is 11.4. The van der Waals surface area contributed by atoms with Crippen LogP contribution in [0.15, 0.2) is 18.3 Å². The maximum Gasteiger partial charge on any atom is 0.137 e. The van der Waals surface area contributed by atoms with Crippen LogP contribution in [0.2, 0.25) is 0 Å². The fourth-order valence-electron chi connectivity index (χ4n) is 3.03. The molecule has 1 aromatic rings. The van der Waals surface area contributed by atoms with Crippen LogP contribution in [0.4, 0.5) is 5.82 Å². The molecule has 2 aliphatic carbocycles. The number of ether oxygens (including phenoxy) is 1. The van der Waals surface area contributed by atoms with Gasteiger partial charge in [0.05, 0.1) is 13.3 Å². The average Bonchev–Trinajstić information content (AvgIpc) is 3.26. The third-order valence-electron chi connectivity index (χ3n) is 4.13. The summed E-state index contributed by atoms with van der Waals surface area (Å²) in [5.41, 5.74) is 0. The summed E-state index contributed by atoms with van der Waals surface area (Å²) in [7, 11) is 1.69. The molecule has 0 N–H and O–H groups in total. The van der Waals surface area contributed by atoms with E-state index < -0.39 is 0 Å². The van der Waals surface area contributed by atoms with Crippen LogP contribution in [0.1, 0.15) is 44.9 Å². The number of nitrogens with zero attached hydrogens (tertiary/aromatic N) is 2. The summed E-state index contributed by atoms with van der Waals surface area (Å²) in [6, 6.07) is 5.60. The third kappa shape index (κ3) is 2.45. The molecule has 0 bridgehead atoms. The van der Waals surface area contributed by atoms with E-state index in [0.717, 1.165) is 17.6 Å². The standard InChI is InChI=1S/C15H22N2O/c1-18-14-9-10-15(16-11-14)17(13-7-8-13)12-5-3-2-4-6-12/h9-13H,2-8H2,1H3. The Kier molecular flexibility index (Phi) is 3.39. The van der Waals surface area contributed by atoms with Crippen molar-refractivity contribution in [2.75, 3.05) is 12.0 Å². The van der Waals surface area contributed by atoms with Gasteiger partial charge in [0.1, 0.15) is 11.6 Å². The first-order valence-corrected chi connectivity index (χ1v) is 7.17. The van der Waals surface area contributed by atoms with Crippen LogP contribution in [0.5, 0.6) is 5.75 Å². The zero-order valence-corrected chi connectivity index (χ0v) is 11.1. The third-order valence-corrected chi connectivity index (χ3v) is 4.13. The summed E-state index contributed by atoms with van der Waals surface area (Å²) < 4.78 is 5.19. The van der Waals surface area contributed by atoms with Gasteiger partial charge in [-0.3, -0.25) is 0 Å². The van der Waals surface area contributed by atoms with Crippen LogP contribution in [0.25, 0.3) is 0 Å². The average molecular weight is 246 g/mol. The van der Waals surface area contributed by atoms with Gasteiger partial charge in [0.25, 0.3) is 0 Å². The summed E-state index contributed by atoms with van der Waals surface area (Å²) in [5.74, 6) is 1.99. The van der Waals surface area contributed by atoms with E-state index in [-0.39, 0.29) is 0 Å². The molecule has 18 heavy (non-hydrogen) atoms. The summed E-state index contributed by atoms with van der Waals surface area (Å²) >= 11 is 0. The largest absolute Gasteiger partial charge is 0.495 e. The van der Waals surface area contributed by atoms with Gasteiger partial charge in [0.15, 0.2) is 0 Å². The highest BCUT2D eigenvalue weighted by Gasteiger charge is 2.35. The van der Waals surface area contributed by atoms with Crippen molar-refractivity contribution >= 4 is 5.82 Å². The lowest BCUT2D eigenvalue weighted by Gasteiger charge is -2.35. The monoisotopic (exact) mass is 246 g/mol. The summed E-state index contributed by atoms with van der Waals surface area (Å²) in [6.45, 7) is 0. The second-order valence-corrected chi connectivity index (χ2v) is 5.49. The predicted octanol–water partition coefficient (Wildman–Crippen LogP) is 3.39. The Morgan fingerprint density at radius 1 is 1.06 bits per heavy atom. The molecule has 0 amide bonds. The molecule has 0 unspecified atom stereocenters. The number of hydrogen-bond acceptors (Lipinski definition) is 3. The second kappa shape index (κ2) is 5.17. The maximum absolute atomic E-state index is 5.19. The molecule has 0 atom stereocenters. The van der Waals surface area contributed by atoms with Gasteiger partial charge in [-0.15, -0.1) is 0 Å². The maximum atomic E-state index is 5.19. The quantitative estimate of drug-likeness (QED) is 0.814. The smallest absolute Gasteiger partial charge is 0.137 e. The van der Waals surface area contributed by atoms with Crippen molar-refractivity contribution in [2.24, 2.45) is 0 Å². The first kappa shape index (κ1) is 11.8. The first-order valence-electron chi connectivity index (χ1n) is 7.17. The zero-order chi connectivity index (χ0) is 12.4. The van der Waals surface area contributed by atoms with Crippen molar-refractivity contribution in [1.82, 2.24) is 4.98 Å². The Morgan fingerprint density at radius 3 is 2.33 bits per heavy atom. The topological polar surface area (TPSA) is 25.4 Å². The van der Waals surface area contributed by atoms with Gasteiger partial charge in [-0.2, -0.15) is 0 Å². The van der Waals surface area contributed by atoms with Crippen LogP contribution in [-0.4, -0.2) is 24.2 Å². The van der Waals surface area contributed by atoms with E-state index in [1.54, 1.807) is 7.11 Å². The Labute approximate surface area is 109 Å². The van der Waals surface area contributed by atoms with E-state index in [0.29, 0.717) is 6.04 Å². The van der Waals surface area contributed by atoms with E-state index in [1.807, 2.05) is 12.3 Å². The van der Waals surface area contributed by atoms with Gasteiger partial charge in [0, 0.05) is 12.1 Å². The molecule has 0 aliphatic heterocycles. The lowest BCUT2D eigenvalue weighted by molar-refractivity contribution is 0.406. The van der Waals surface area contributed by atoms with Crippen LogP contribution in [0.3, 0.4) is 0 Å². The van der Waals surface area contributed by atoms with Gasteiger partial charge in [0.2, 0.25) is 0 Å². The molecule has 0 aromatic carbocycles. The van der Waals surface area contributed by atoms with E-state index in [2.05, 4.69) is 16.0 Å². The van der Waals surface area contributed by atoms with Gasteiger partial charge in [-0.1, -0.05) is 19.3 Å². The minimum Gasteiger partial charge on any atom is -0.495 e. The van der Waals surface area contributed by atoms with E-state index in [1.165, 1.54) is 44.9 Å². The summed E-state index contributed by atoms with van der Waals surface area (Å²) in [4.78, 5) is 7.17. The van der Waals surface area contributed by atoms with Crippen molar-refractivity contribution in [2.45, 2.75) is 57.0 Å². The Balaban J connectivity index is 1.79. The molecule has 0 spiro atoms. The number of rotatable bonds is 4. The highest BCUT2D eigenvalue weighted by atomic mass is 16.5. The number of aromatic nitrogens is 1. The highest BCUT2D eigenvalue weighted by molar-refractivity contribution is 5.44. The van der Waals surface area contributed by atoms with Crippen molar-refractivity contribution in [3.63, 3.8) is 0 Å². The highest BCUT2D eigenvalue weighted by Crippen LogP contribution is 2.36. The lowest BCUT2D eigenvalue weighted by atomic mass is 9.94. The molecule has 1 heterocycles. The number of methoxy groups -OCH3 is 1. The molecule has 3 nitrogen and oxygen atoms in total. The second-order valence-electron chi connectivity index (χ2n) is 5.49. The zero-order valence-electron chi connectivity index (χ0n) is 11.1. The van der Waals surface area contributed by atoms with Crippen molar-refractivity contribution in [3.8, 4) is 5.75 Å². The summed E-state index contributed by atoms with van der Waals surface area (Å²) in [5, 5.41) is 0. The van der Waals surface area contributed by atoms with Crippen LogP contribution in [-0.2, 0) is 0 Å². The fraction of sp³-hybridized carbons (Fsp3) is 0.667. The number of hydrogen-bond donors (Lipinski definition) is 0. The lowest BCUT2D eigenvalue weighted by Crippen LogP contribution is -2.39. The fourth-order valence-corrected chi connectivity index (χ4v) is 3.03. The molecule has 3 rings (SSSR count). The molecule has 0 saturated heterocycles. The minimum absolute atomic E-state index is 0.715. The van der Waals surface area contributed by atoms with E-state index in [4.69, 9.17) is 4.74 Å². The minimum atomic E-state index is 0.715. The molecular weight excluding hydrogens is 224 g/mol. The first-order chi connectivity index (χ1) is 8.88. The van der Waals surface area contributed by atoms with Gasteiger partial charge in [-0.25, -0.2) is 4.98 Å². The number of pyridine rings is 1.